The number of ether oxygens (including phenoxy) is 1. The molecule has 0 bridgehead atoms. The Bertz CT molecular complexity index is 1210. The predicted molar refractivity (Wildman–Crippen MR) is 109 cm³/mol. The van der Waals surface area contributed by atoms with Crippen LogP contribution in [-0.4, -0.2) is 21.0 Å². The molecule has 150 valence electrons. The van der Waals surface area contributed by atoms with Crippen molar-refractivity contribution in [3.05, 3.63) is 88.3 Å². The van der Waals surface area contributed by atoms with Crippen molar-refractivity contribution in [2.45, 2.75) is 6.92 Å². The second-order valence-corrected chi connectivity index (χ2v) is 6.44. The Morgan fingerprint density at radius 3 is 2.73 bits per heavy atom. The number of H-pyrrole nitrogens is 1. The number of hydrogen-bond acceptors (Lipinski definition) is 6. The molecule has 0 saturated carbocycles. The first kappa shape index (κ1) is 18.9. The molecule has 0 aliphatic rings. The average molecular weight is 404 g/mol. The van der Waals surface area contributed by atoms with Crippen molar-refractivity contribution in [3.8, 4) is 23.0 Å². The van der Waals surface area contributed by atoms with Crippen LogP contribution in [0.1, 0.15) is 16.1 Å². The summed E-state index contributed by atoms with van der Waals surface area (Å²) in [7, 11) is 0. The molecule has 2 heterocycles. The van der Waals surface area contributed by atoms with Gasteiger partial charge in [0.05, 0.1) is 22.9 Å². The minimum Gasteiger partial charge on any atom is -0.463 e. The second kappa shape index (κ2) is 7.92. The number of carbonyl (C=O) groups excluding carboxylic acids is 1. The Kier molecular flexibility index (Phi) is 5.00. The van der Waals surface area contributed by atoms with Gasteiger partial charge in [-0.1, -0.05) is 18.2 Å². The van der Waals surface area contributed by atoms with Gasteiger partial charge in [0.15, 0.2) is 11.5 Å². The summed E-state index contributed by atoms with van der Waals surface area (Å²) in [5.41, 5.74) is 1.51. The number of nitrogens with zero attached hydrogens (tertiary/aromatic N) is 2. The van der Waals surface area contributed by atoms with Crippen molar-refractivity contribution in [2.24, 2.45) is 0 Å². The quantitative estimate of drug-likeness (QED) is 0.347. The number of carbonyl (C=O) groups is 1. The topological polar surface area (TPSA) is 123 Å². The van der Waals surface area contributed by atoms with Gasteiger partial charge in [-0.25, -0.2) is 0 Å². The van der Waals surface area contributed by atoms with Gasteiger partial charge in [-0.15, -0.1) is 0 Å². The lowest BCUT2D eigenvalue weighted by Crippen LogP contribution is -2.12. The summed E-state index contributed by atoms with van der Waals surface area (Å²) in [4.78, 5) is 23.3. The van der Waals surface area contributed by atoms with Gasteiger partial charge in [-0.05, 0) is 30.7 Å². The third-order valence-electron chi connectivity index (χ3n) is 4.28. The molecule has 9 nitrogen and oxygen atoms in total. The van der Waals surface area contributed by atoms with Crippen LogP contribution in [0.4, 0.5) is 11.4 Å². The number of hydrogen-bond donors (Lipinski definition) is 2. The third kappa shape index (κ3) is 4.04. The maximum atomic E-state index is 12.6. The van der Waals surface area contributed by atoms with E-state index in [1.807, 2.05) is 19.1 Å². The Morgan fingerprint density at radius 2 is 2.00 bits per heavy atom. The van der Waals surface area contributed by atoms with Gasteiger partial charge in [0.1, 0.15) is 17.2 Å². The fourth-order valence-corrected chi connectivity index (χ4v) is 2.81. The molecule has 2 aromatic heterocycles. The molecule has 0 fully saturated rings. The van der Waals surface area contributed by atoms with Crippen LogP contribution in [0.3, 0.4) is 0 Å². The van der Waals surface area contributed by atoms with E-state index in [2.05, 4.69) is 15.5 Å². The Morgan fingerprint density at radius 1 is 1.17 bits per heavy atom. The van der Waals surface area contributed by atoms with Crippen LogP contribution in [0.15, 0.2) is 71.3 Å². The van der Waals surface area contributed by atoms with Crippen LogP contribution in [0, 0.1) is 17.0 Å². The molecule has 30 heavy (non-hydrogen) atoms. The van der Waals surface area contributed by atoms with Crippen LogP contribution in [-0.2, 0) is 0 Å². The van der Waals surface area contributed by atoms with Crippen molar-refractivity contribution in [1.29, 1.82) is 0 Å². The monoisotopic (exact) mass is 404 g/mol. The summed E-state index contributed by atoms with van der Waals surface area (Å²) in [5.74, 6) is 0.787. The number of para-hydroxylation sites is 1. The number of nitro groups is 1. The first-order chi connectivity index (χ1) is 14.5. The summed E-state index contributed by atoms with van der Waals surface area (Å²) < 4.78 is 11.1. The molecule has 0 saturated heterocycles. The molecule has 0 unspecified atom stereocenters. The molecule has 2 N–H and O–H groups in total. The van der Waals surface area contributed by atoms with E-state index in [1.165, 1.54) is 30.5 Å². The van der Waals surface area contributed by atoms with Crippen LogP contribution in [0.25, 0.3) is 11.5 Å². The fourth-order valence-electron chi connectivity index (χ4n) is 2.81. The van der Waals surface area contributed by atoms with E-state index < -0.39 is 10.8 Å². The lowest BCUT2D eigenvalue weighted by molar-refractivity contribution is -0.384. The minimum absolute atomic E-state index is 0.106. The van der Waals surface area contributed by atoms with E-state index in [-0.39, 0.29) is 22.8 Å². The highest BCUT2D eigenvalue weighted by Gasteiger charge is 2.17. The van der Waals surface area contributed by atoms with E-state index >= 15 is 0 Å². The molecule has 0 radical (unpaired) electrons. The van der Waals surface area contributed by atoms with E-state index in [9.17, 15) is 14.9 Å². The molecular weight excluding hydrogens is 388 g/mol. The fraction of sp³-hybridized carbons (Fsp3) is 0.0476. The highest BCUT2D eigenvalue weighted by atomic mass is 16.6. The largest absolute Gasteiger partial charge is 0.463 e. The SMILES string of the molecule is Cc1ccccc1Oc1cc(NC(=O)c2cc(-c3ccco3)[nH]n2)cc([N+](=O)[O-])c1. The van der Waals surface area contributed by atoms with Crippen LogP contribution in [0.5, 0.6) is 11.5 Å². The number of amides is 1. The van der Waals surface area contributed by atoms with Gasteiger partial charge in [-0.2, -0.15) is 5.10 Å². The standard InChI is InChI=1S/C21H16N4O5/c1-13-5-2-3-6-19(13)30-16-10-14(9-15(11-16)25(27)28)22-21(26)18-12-17(23-24-18)20-7-4-8-29-20/h2-12H,1H3,(H,22,26)(H,23,24). The minimum atomic E-state index is -0.552. The molecule has 2 aromatic carbocycles. The van der Waals surface area contributed by atoms with Gasteiger partial charge in [0, 0.05) is 18.2 Å². The number of benzene rings is 2. The van der Waals surface area contributed by atoms with Crippen molar-refractivity contribution in [1.82, 2.24) is 10.2 Å². The molecule has 0 aliphatic heterocycles. The third-order valence-corrected chi connectivity index (χ3v) is 4.28. The molecule has 1 amide bonds. The number of furan rings is 1. The van der Waals surface area contributed by atoms with Crippen molar-refractivity contribution >= 4 is 17.3 Å². The molecule has 4 aromatic rings. The van der Waals surface area contributed by atoms with E-state index in [0.29, 0.717) is 17.2 Å². The number of anilines is 1. The second-order valence-electron chi connectivity index (χ2n) is 6.44. The van der Waals surface area contributed by atoms with E-state index in [4.69, 9.17) is 9.15 Å². The normalized spacial score (nSPS) is 10.6. The Labute approximate surface area is 170 Å². The number of aromatic nitrogens is 2. The lowest BCUT2D eigenvalue weighted by Gasteiger charge is -2.10. The summed E-state index contributed by atoms with van der Waals surface area (Å²) in [6.45, 7) is 1.86. The Balaban J connectivity index is 1.58. The average Bonchev–Trinajstić information content (AvgIpc) is 3.41. The number of nitro benzene ring substituents is 1. The van der Waals surface area contributed by atoms with E-state index in [0.717, 1.165) is 5.56 Å². The highest BCUT2D eigenvalue weighted by Crippen LogP contribution is 2.31. The van der Waals surface area contributed by atoms with Gasteiger partial charge >= 0.3 is 0 Å². The lowest BCUT2D eigenvalue weighted by atomic mass is 10.2. The number of nitrogens with one attached hydrogen (secondary N) is 2. The molecule has 0 atom stereocenters. The van der Waals surface area contributed by atoms with Gasteiger partial charge in [0.25, 0.3) is 11.6 Å². The number of rotatable bonds is 6. The summed E-state index contributed by atoms with van der Waals surface area (Å²) in [5, 5.41) is 20.6. The molecule has 0 aliphatic carbocycles. The van der Waals surface area contributed by atoms with Gasteiger partial charge in [-0.3, -0.25) is 20.0 Å². The first-order valence-corrected chi connectivity index (χ1v) is 8.93. The maximum absolute atomic E-state index is 12.6. The summed E-state index contributed by atoms with van der Waals surface area (Å²) >= 11 is 0. The van der Waals surface area contributed by atoms with Crippen molar-refractivity contribution < 1.29 is 18.9 Å². The molecular formula is C21H16N4O5. The summed E-state index contributed by atoms with van der Waals surface area (Å²) in [6, 6.07) is 16.3. The summed E-state index contributed by atoms with van der Waals surface area (Å²) in [6.07, 6.45) is 1.51. The Hall–Kier alpha value is -4.40. The predicted octanol–water partition coefficient (Wildman–Crippen LogP) is 4.93. The maximum Gasteiger partial charge on any atom is 0.276 e. The zero-order valence-corrected chi connectivity index (χ0v) is 15.8. The van der Waals surface area contributed by atoms with Crippen molar-refractivity contribution in [3.63, 3.8) is 0 Å². The highest BCUT2D eigenvalue weighted by molar-refractivity contribution is 6.03. The first-order valence-electron chi connectivity index (χ1n) is 8.93. The van der Waals surface area contributed by atoms with Crippen LogP contribution < -0.4 is 10.1 Å². The zero-order chi connectivity index (χ0) is 21.1. The van der Waals surface area contributed by atoms with Crippen LogP contribution in [0.2, 0.25) is 0 Å². The number of aromatic amines is 1. The number of aryl methyl sites for hydroxylation is 1. The van der Waals surface area contributed by atoms with E-state index in [1.54, 1.807) is 24.3 Å². The molecule has 0 spiro atoms. The molecule has 4 rings (SSSR count). The molecule has 9 heteroatoms. The smallest absolute Gasteiger partial charge is 0.276 e. The van der Waals surface area contributed by atoms with Gasteiger partial charge in [0.2, 0.25) is 0 Å². The number of non-ortho nitro benzene ring substituents is 1. The zero-order valence-electron chi connectivity index (χ0n) is 15.8. The van der Waals surface area contributed by atoms with Gasteiger partial charge < -0.3 is 14.5 Å². The van der Waals surface area contributed by atoms with Crippen LogP contribution >= 0.6 is 0 Å². The van der Waals surface area contributed by atoms with Crippen molar-refractivity contribution in [2.75, 3.05) is 5.32 Å².